The van der Waals surface area contributed by atoms with Gasteiger partial charge in [0.2, 0.25) is 0 Å². The van der Waals surface area contributed by atoms with Crippen LogP contribution in [0.15, 0.2) is 30.3 Å². The summed E-state index contributed by atoms with van der Waals surface area (Å²) in [7, 11) is 0. The van der Waals surface area contributed by atoms with Crippen molar-refractivity contribution in [3.05, 3.63) is 35.9 Å². The third-order valence-electron chi connectivity index (χ3n) is 4.60. The van der Waals surface area contributed by atoms with Crippen LogP contribution < -0.4 is 5.32 Å². The fraction of sp³-hybridized carbons (Fsp3) is 0.533. The van der Waals surface area contributed by atoms with Crippen molar-refractivity contribution in [3.8, 4) is 0 Å². The van der Waals surface area contributed by atoms with Crippen LogP contribution in [0.25, 0.3) is 0 Å². The monoisotopic (exact) mass is 245 g/mol. The van der Waals surface area contributed by atoms with Crippen molar-refractivity contribution in [2.45, 2.75) is 43.7 Å². The molecule has 1 aromatic carbocycles. The van der Waals surface area contributed by atoms with Gasteiger partial charge >= 0.3 is 5.97 Å². The summed E-state index contributed by atoms with van der Waals surface area (Å²) in [5.74, 6) is -0.171. The molecule has 2 fully saturated rings. The molecule has 0 amide bonds. The molecule has 1 saturated carbocycles. The standard InChI is InChI=1S/C15H19NO2/c17-14(18)13-9-12-7-4-8-15(12,16-13)10-11-5-2-1-3-6-11/h1-3,5-6,12-13,16H,4,7-10H2,(H,17,18)/t12-,13-,15-/m0/s1. The molecule has 1 saturated heterocycles. The van der Waals surface area contributed by atoms with E-state index < -0.39 is 5.97 Å². The molecule has 1 aliphatic carbocycles. The number of hydrogen-bond acceptors (Lipinski definition) is 2. The van der Waals surface area contributed by atoms with Crippen molar-refractivity contribution in [3.63, 3.8) is 0 Å². The molecule has 2 N–H and O–H groups in total. The Hall–Kier alpha value is -1.35. The highest BCUT2D eigenvalue weighted by atomic mass is 16.4. The number of carboxylic acid groups (broad SMARTS) is 1. The van der Waals surface area contributed by atoms with E-state index in [1.54, 1.807) is 0 Å². The predicted octanol–water partition coefficient (Wildman–Crippen LogP) is 2.21. The molecule has 18 heavy (non-hydrogen) atoms. The second-order valence-electron chi connectivity index (χ2n) is 5.68. The van der Waals surface area contributed by atoms with Crippen molar-refractivity contribution < 1.29 is 9.90 Å². The fourth-order valence-electron chi connectivity index (χ4n) is 3.77. The Kier molecular flexibility index (Phi) is 2.86. The third kappa shape index (κ3) is 1.93. The van der Waals surface area contributed by atoms with Crippen molar-refractivity contribution in [1.82, 2.24) is 5.32 Å². The van der Waals surface area contributed by atoms with Gasteiger partial charge < -0.3 is 5.11 Å². The van der Waals surface area contributed by atoms with E-state index in [9.17, 15) is 9.90 Å². The van der Waals surface area contributed by atoms with Crippen molar-refractivity contribution >= 4 is 5.97 Å². The summed E-state index contributed by atoms with van der Waals surface area (Å²) in [6.45, 7) is 0. The van der Waals surface area contributed by atoms with Crippen LogP contribution in [0.3, 0.4) is 0 Å². The van der Waals surface area contributed by atoms with Gasteiger partial charge in [0.25, 0.3) is 0 Å². The second-order valence-corrected chi connectivity index (χ2v) is 5.68. The first kappa shape index (κ1) is 11.7. The average Bonchev–Trinajstić information content (AvgIpc) is 2.86. The van der Waals surface area contributed by atoms with Gasteiger partial charge in [0.05, 0.1) is 0 Å². The highest BCUT2D eigenvalue weighted by molar-refractivity contribution is 5.74. The summed E-state index contributed by atoms with van der Waals surface area (Å²) in [5, 5.41) is 12.6. The molecule has 3 atom stereocenters. The minimum Gasteiger partial charge on any atom is -0.480 e. The largest absolute Gasteiger partial charge is 0.480 e. The maximum Gasteiger partial charge on any atom is 0.320 e. The fourth-order valence-corrected chi connectivity index (χ4v) is 3.77. The number of hydrogen-bond donors (Lipinski definition) is 2. The van der Waals surface area contributed by atoms with Crippen LogP contribution in [0.2, 0.25) is 0 Å². The molecule has 0 aromatic heterocycles. The quantitative estimate of drug-likeness (QED) is 0.858. The molecule has 96 valence electrons. The van der Waals surface area contributed by atoms with Gasteiger partial charge in [-0.2, -0.15) is 0 Å². The molecule has 2 aliphatic rings. The molecule has 3 nitrogen and oxygen atoms in total. The summed E-state index contributed by atoms with van der Waals surface area (Å²) >= 11 is 0. The van der Waals surface area contributed by atoms with Gasteiger partial charge in [-0.1, -0.05) is 36.8 Å². The molecule has 3 heteroatoms. The molecular weight excluding hydrogens is 226 g/mol. The zero-order chi connectivity index (χ0) is 12.6. The first-order valence-corrected chi connectivity index (χ1v) is 6.74. The summed E-state index contributed by atoms with van der Waals surface area (Å²) < 4.78 is 0. The van der Waals surface area contributed by atoms with Crippen molar-refractivity contribution in [2.24, 2.45) is 5.92 Å². The Morgan fingerprint density at radius 3 is 2.89 bits per heavy atom. The van der Waals surface area contributed by atoms with E-state index in [1.165, 1.54) is 18.4 Å². The Morgan fingerprint density at radius 1 is 1.39 bits per heavy atom. The summed E-state index contributed by atoms with van der Waals surface area (Å²) in [6.07, 6.45) is 5.25. The van der Waals surface area contributed by atoms with E-state index in [-0.39, 0.29) is 11.6 Å². The molecular formula is C15H19NO2. The van der Waals surface area contributed by atoms with Gasteiger partial charge in [-0.15, -0.1) is 0 Å². The summed E-state index contributed by atoms with van der Waals surface area (Å²) in [4.78, 5) is 11.2. The van der Waals surface area contributed by atoms with Crippen LogP contribution in [0.5, 0.6) is 0 Å². The highest BCUT2D eigenvalue weighted by Gasteiger charge is 2.51. The Balaban J connectivity index is 1.82. The molecule has 1 aliphatic heterocycles. The third-order valence-corrected chi connectivity index (χ3v) is 4.60. The Morgan fingerprint density at radius 2 is 2.17 bits per heavy atom. The summed E-state index contributed by atoms with van der Waals surface area (Å²) in [5.41, 5.74) is 1.34. The highest BCUT2D eigenvalue weighted by Crippen LogP contribution is 2.45. The van der Waals surface area contributed by atoms with Crippen LogP contribution >= 0.6 is 0 Å². The average molecular weight is 245 g/mol. The normalized spacial score (nSPS) is 34.4. The number of rotatable bonds is 3. The van der Waals surface area contributed by atoms with E-state index in [0.717, 1.165) is 19.3 Å². The Bertz CT molecular complexity index is 445. The van der Waals surface area contributed by atoms with E-state index in [2.05, 4.69) is 29.6 Å². The second kappa shape index (κ2) is 4.39. The van der Waals surface area contributed by atoms with Gasteiger partial charge in [-0.25, -0.2) is 0 Å². The van der Waals surface area contributed by atoms with Gasteiger partial charge in [0.15, 0.2) is 0 Å². The van der Waals surface area contributed by atoms with Crippen LogP contribution in [-0.2, 0) is 11.2 Å². The van der Waals surface area contributed by atoms with Crippen LogP contribution in [0, 0.1) is 5.92 Å². The SMILES string of the molecule is O=C(O)[C@@H]1C[C@@H]2CCC[C@@]2(Cc2ccccc2)N1. The molecule has 1 aromatic rings. The lowest BCUT2D eigenvalue weighted by Gasteiger charge is -2.30. The number of carbonyl (C=O) groups is 1. The lowest BCUT2D eigenvalue weighted by Crippen LogP contribution is -2.48. The molecule has 0 bridgehead atoms. The molecule has 3 rings (SSSR count). The first-order valence-electron chi connectivity index (χ1n) is 6.74. The van der Waals surface area contributed by atoms with E-state index >= 15 is 0 Å². The zero-order valence-corrected chi connectivity index (χ0v) is 10.4. The molecule has 0 unspecified atom stereocenters. The lowest BCUT2D eigenvalue weighted by atomic mass is 9.83. The molecule has 0 radical (unpaired) electrons. The maximum absolute atomic E-state index is 11.2. The Labute approximate surface area is 107 Å². The zero-order valence-electron chi connectivity index (χ0n) is 10.4. The minimum atomic E-state index is -0.697. The smallest absolute Gasteiger partial charge is 0.320 e. The van der Waals surface area contributed by atoms with E-state index in [0.29, 0.717) is 5.92 Å². The number of carboxylic acids is 1. The predicted molar refractivity (Wildman–Crippen MR) is 69.4 cm³/mol. The first-order chi connectivity index (χ1) is 8.70. The van der Waals surface area contributed by atoms with E-state index in [4.69, 9.17) is 0 Å². The lowest BCUT2D eigenvalue weighted by molar-refractivity contribution is -0.139. The number of benzene rings is 1. The number of nitrogens with one attached hydrogen (secondary N) is 1. The molecule has 0 spiro atoms. The van der Waals surface area contributed by atoms with Gasteiger partial charge in [-0.05, 0) is 37.2 Å². The van der Waals surface area contributed by atoms with Gasteiger partial charge in [0.1, 0.15) is 6.04 Å². The number of aliphatic carboxylic acids is 1. The minimum absolute atomic E-state index is 0.0322. The van der Waals surface area contributed by atoms with Crippen LogP contribution in [0.1, 0.15) is 31.2 Å². The van der Waals surface area contributed by atoms with Crippen LogP contribution in [-0.4, -0.2) is 22.7 Å². The van der Waals surface area contributed by atoms with Gasteiger partial charge in [0, 0.05) is 5.54 Å². The van der Waals surface area contributed by atoms with Crippen molar-refractivity contribution in [2.75, 3.05) is 0 Å². The maximum atomic E-state index is 11.2. The molecule has 1 heterocycles. The van der Waals surface area contributed by atoms with Gasteiger partial charge in [-0.3, -0.25) is 10.1 Å². The topological polar surface area (TPSA) is 49.3 Å². The van der Waals surface area contributed by atoms with Crippen LogP contribution in [0.4, 0.5) is 0 Å². The summed E-state index contributed by atoms with van der Waals surface area (Å²) in [6, 6.07) is 10.1. The van der Waals surface area contributed by atoms with E-state index in [1.807, 2.05) is 6.07 Å². The number of fused-ring (bicyclic) bond motifs is 1. The van der Waals surface area contributed by atoms with Crippen molar-refractivity contribution in [1.29, 1.82) is 0 Å².